The Morgan fingerprint density at radius 1 is 0.524 bits per heavy atom. The number of aromatic nitrogens is 1. The zero-order valence-corrected chi connectivity index (χ0v) is 49.5. The summed E-state index contributed by atoms with van der Waals surface area (Å²) in [5.74, 6) is 3.81. The molecule has 4 N–H and O–H groups in total. The fourth-order valence-electron chi connectivity index (χ4n) is 15.4. The highest BCUT2D eigenvalue weighted by atomic mass is 32.2. The van der Waals surface area contributed by atoms with Crippen molar-refractivity contribution in [3.63, 3.8) is 0 Å². The molecule has 11 aliphatic rings. The average molecular weight is 1140 g/mol. The highest BCUT2D eigenvalue weighted by Gasteiger charge is 2.67. The molecule has 396 valence electrons. The molecule has 3 atom stereocenters. The minimum absolute atomic E-state index is 0.0166. The van der Waals surface area contributed by atoms with Crippen LogP contribution in [0.15, 0.2) is 173 Å². The Hall–Kier alpha value is -7.95. The number of allylic oxidation sites excluding steroid dienone is 2. The number of anilines is 7. The molecule has 1 fully saturated rings. The minimum atomic E-state index is -1.03. The Bertz CT molecular complexity index is 4890. The maximum Gasteiger partial charge on any atom is 0.338 e. The quantitative estimate of drug-likeness (QED) is 0.110. The number of nitrogens with one attached hydrogen (secondary N) is 4. The van der Waals surface area contributed by atoms with Crippen LogP contribution in [0.25, 0.3) is 22.5 Å². The van der Waals surface area contributed by atoms with Crippen molar-refractivity contribution >= 4 is 144 Å². The molecule has 82 heavy (non-hydrogen) atoms. The Kier molecular flexibility index (Phi) is 8.86. The van der Waals surface area contributed by atoms with E-state index in [-0.39, 0.29) is 11.8 Å². The van der Waals surface area contributed by atoms with Crippen molar-refractivity contribution in [3.05, 3.63) is 180 Å². The fraction of sp³-hybridized carbons (Fsp3) is 0.179. The van der Waals surface area contributed by atoms with Gasteiger partial charge in [0.15, 0.2) is 11.7 Å². The van der Waals surface area contributed by atoms with Gasteiger partial charge in [0.1, 0.15) is 17.4 Å². The van der Waals surface area contributed by atoms with Crippen LogP contribution in [0.3, 0.4) is 0 Å². The first-order valence-corrected chi connectivity index (χ1v) is 31.4. The monoisotopic (exact) mass is 1140 g/mol. The third kappa shape index (κ3) is 5.46. The van der Waals surface area contributed by atoms with E-state index in [4.69, 9.17) is 20.0 Å². The van der Waals surface area contributed by atoms with Crippen molar-refractivity contribution in [1.29, 1.82) is 0 Å². The summed E-state index contributed by atoms with van der Waals surface area (Å²) >= 11 is 7.42. The zero-order chi connectivity index (χ0) is 54.8. The average Bonchev–Trinajstić information content (AvgIpc) is 1.57. The predicted octanol–water partition coefficient (Wildman–Crippen LogP) is 17.0. The molecule has 1 aromatic heterocycles. The van der Waals surface area contributed by atoms with E-state index in [1.807, 2.05) is 47.0 Å². The van der Waals surface area contributed by atoms with Gasteiger partial charge in [0, 0.05) is 96.8 Å². The lowest BCUT2D eigenvalue weighted by molar-refractivity contribution is -0.581. The Balaban J connectivity index is 0.971. The number of benzene rings is 7. The molecule has 0 saturated carbocycles. The fourth-order valence-corrected chi connectivity index (χ4v) is 20.1. The van der Waals surface area contributed by atoms with Crippen LogP contribution in [0.2, 0.25) is 0 Å². The third-order valence-corrected chi connectivity index (χ3v) is 24.4. The summed E-state index contributed by atoms with van der Waals surface area (Å²) in [7, 11) is 0. The molecule has 11 heterocycles. The summed E-state index contributed by atoms with van der Waals surface area (Å²) < 4.78 is 5.15. The summed E-state index contributed by atoms with van der Waals surface area (Å²) in [6.45, 7) is 21.0. The van der Waals surface area contributed by atoms with Gasteiger partial charge < -0.3 is 21.3 Å². The number of hydrogen-bond acceptors (Lipinski definition) is 13. The van der Waals surface area contributed by atoms with Crippen molar-refractivity contribution in [1.82, 2.24) is 9.47 Å². The Morgan fingerprint density at radius 2 is 1.04 bits per heavy atom. The lowest BCUT2D eigenvalue weighted by atomic mass is 9.78. The number of para-hydroxylation sites is 4. The number of hydrogen-bond donors (Lipinski definition) is 4. The van der Waals surface area contributed by atoms with Gasteiger partial charge in [0.25, 0.3) is 11.6 Å². The molecule has 10 aliphatic heterocycles. The first-order valence-electron chi connectivity index (χ1n) is 28.1. The van der Waals surface area contributed by atoms with Crippen molar-refractivity contribution in [2.45, 2.75) is 102 Å². The van der Waals surface area contributed by atoms with Crippen LogP contribution < -0.4 is 21.3 Å². The first-order chi connectivity index (χ1) is 39.9. The van der Waals surface area contributed by atoms with Crippen LogP contribution in [0.4, 0.5) is 45.6 Å². The minimum Gasteiger partial charge on any atom is -0.357 e. The van der Waals surface area contributed by atoms with E-state index in [1.165, 1.54) is 89.2 Å². The van der Waals surface area contributed by atoms with Crippen LogP contribution in [0.1, 0.15) is 82.1 Å². The molecule has 3 unspecified atom stereocenters. The topological polar surface area (TPSA) is 109 Å². The second-order valence-electron chi connectivity index (χ2n) is 23.4. The van der Waals surface area contributed by atoms with E-state index in [2.05, 4.69) is 201 Å². The van der Waals surface area contributed by atoms with Crippen LogP contribution in [0, 0.1) is 53.4 Å². The van der Waals surface area contributed by atoms with Gasteiger partial charge in [0.05, 0.1) is 57.0 Å². The molecule has 2 bridgehead atoms. The van der Waals surface area contributed by atoms with Gasteiger partial charge in [0.2, 0.25) is 0 Å². The van der Waals surface area contributed by atoms with Gasteiger partial charge in [-0.3, -0.25) is 4.57 Å². The first kappa shape index (κ1) is 46.6. The van der Waals surface area contributed by atoms with Crippen LogP contribution in [0.5, 0.6) is 0 Å². The summed E-state index contributed by atoms with van der Waals surface area (Å²) in [5, 5.41) is 18.2. The molecule has 7 aromatic carbocycles. The molecule has 0 radical (unpaired) electrons. The van der Waals surface area contributed by atoms with Crippen molar-refractivity contribution < 1.29 is 4.58 Å². The number of fused-ring (bicyclic) bond motifs is 20. The van der Waals surface area contributed by atoms with Gasteiger partial charge in [-0.05, 0) is 141 Å². The van der Waals surface area contributed by atoms with E-state index in [9.17, 15) is 0 Å². The van der Waals surface area contributed by atoms with Gasteiger partial charge in [-0.15, -0.1) is 0 Å². The SMILES string of the molecule is CC1=C2C3=NC4=[N+]5C(=Cc6c7c(C)c8c(c(C)c7c7n6C5(C)N3C(=NC3=NC(=N7)c5c(C)c6c(c(C)c53)Sc3ccccc3N6)C2C(C)C2=C1Sc1ccccc1N2)Sc1ccccc1N8)c1c(C)c2c(c(C)c14)Nc1ccccc1S2. The zero-order valence-electron chi connectivity index (χ0n) is 46.2. The van der Waals surface area contributed by atoms with E-state index in [0.29, 0.717) is 11.7 Å². The second-order valence-corrected chi connectivity index (χ2v) is 27.6. The van der Waals surface area contributed by atoms with Crippen LogP contribution >= 0.6 is 47.0 Å². The summed E-state index contributed by atoms with van der Waals surface area (Å²) in [5.41, 5.74) is 25.3. The number of aliphatic imine (C=N–C) groups is 4. The lowest BCUT2D eigenvalue weighted by Crippen LogP contribution is -2.62. The molecule has 19 rings (SSSR count). The molecule has 15 heteroatoms. The highest BCUT2D eigenvalue weighted by Crippen LogP contribution is 2.63. The molecular formula is C67H50N11S4+. The number of rotatable bonds is 0. The number of amidine groups is 5. The van der Waals surface area contributed by atoms with E-state index < -0.39 is 5.79 Å². The van der Waals surface area contributed by atoms with Crippen molar-refractivity contribution in [2.75, 3.05) is 21.3 Å². The molecule has 8 aromatic rings. The van der Waals surface area contributed by atoms with E-state index in [0.717, 1.165) is 108 Å². The van der Waals surface area contributed by atoms with Gasteiger partial charge in [-0.1, -0.05) is 103 Å². The van der Waals surface area contributed by atoms with Gasteiger partial charge >= 0.3 is 5.84 Å². The van der Waals surface area contributed by atoms with E-state index >= 15 is 0 Å². The number of nitrogens with zero attached hydrogens (tertiary/aromatic N) is 7. The second kappa shape index (κ2) is 15.6. The Labute approximate surface area is 490 Å². The summed E-state index contributed by atoms with van der Waals surface area (Å²) in [6, 6.07) is 34.8. The predicted molar refractivity (Wildman–Crippen MR) is 338 cm³/mol. The molecule has 1 saturated heterocycles. The van der Waals surface area contributed by atoms with Gasteiger partial charge in [-0.25, -0.2) is 19.9 Å². The maximum absolute atomic E-state index is 6.20. The largest absolute Gasteiger partial charge is 0.357 e. The molecular weight excluding hydrogens is 1090 g/mol. The van der Waals surface area contributed by atoms with Gasteiger partial charge in [-0.2, -0.15) is 4.58 Å². The Morgan fingerprint density at radius 3 is 1.66 bits per heavy atom. The highest BCUT2D eigenvalue weighted by molar-refractivity contribution is 8.03. The summed E-state index contributed by atoms with van der Waals surface area (Å²) in [4.78, 5) is 36.6. The lowest BCUT2D eigenvalue weighted by Gasteiger charge is -2.44. The number of thioether (sulfide) groups is 1. The van der Waals surface area contributed by atoms with Crippen molar-refractivity contribution in [3.8, 4) is 0 Å². The number of aryl methyl sites for hydroxylation is 2. The molecule has 11 nitrogen and oxygen atoms in total. The van der Waals surface area contributed by atoms with Crippen LogP contribution in [-0.2, 0) is 5.79 Å². The summed E-state index contributed by atoms with van der Waals surface area (Å²) in [6.07, 6.45) is 2.48. The normalized spacial score (nSPS) is 21.4. The third-order valence-electron chi connectivity index (χ3n) is 19.2. The molecule has 1 aliphatic carbocycles. The van der Waals surface area contributed by atoms with Crippen LogP contribution in [-0.4, -0.2) is 43.2 Å². The van der Waals surface area contributed by atoms with E-state index in [1.54, 1.807) is 0 Å². The molecule has 0 spiro atoms. The molecule has 0 amide bonds. The smallest absolute Gasteiger partial charge is 0.338 e. The van der Waals surface area contributed by atoms with Crippen molar-refractivity contribution in [2.24, 2.45) is 31.8 Å². The standard InChI is InChI=1S/C67H49N11S4/c1-27-45-39-26-40-46-31(5)57-55(70-37-20-12-14-22-41(37)79-57)29(3)49(46)65-75-66-52-34(8)60-56(71-38-21-13-17-25-44(38)82-60)30(4)50(52)64-74-62-48-32(6)58-54(69-36-19-11-15-23-42(36)80-58)28(2)47(48)61(72-62)73-63(76(39)67(9,77(40)65)78(64)66)51(45)33(7)59-53(27)68-35-18-10-16-24-43(35)81-59/h10-26,30,50H,1-9H3,(H3,68,69,70,71,72,73,75)/p+1. The maximum atomic E-state index is 6.20.